The van der Waals surface area contributed by atoms with Gasteiger partial charge in [0.15, 0.2) is 11.5 Å². The van der Waals surface area contributed by atoms with Gasteiger partial charge in [0.05, 0.1) is 13.2 Å². The molecule has 1 unspecified atom stereocenters. The van der Waals surface area contributed by atoms with Crippen molar-refractivity contribution in [2.75, 3.05) is 19.7 Å². The minimum atomic E-state index is -4.21. The van der Waals surface area contributed by atoms with Crippen LogP contribution in [0, 0.1) is 0 Å². The van der Waals surface area contributed by atoms with Crippen LogP contribution in [-0.2, 0) is 0 Å². The van der Waals surface area contributed by atoms with Crippen LogP contribution in [0.2, 0.25) is 0 Å². The molecule has 0 fully saturated rings. The quantitative estimate of drug-likeness (QED) is 0.831. The predicted octanol–water partition coefficient (Wildman–Crippen LogP) is 3.00. The van der Waals surface area contributed by atoms with Crippen molar-refractivity contribution < 1.29 is 22.6 Å². The van der Waals surface area contributed by atoms with Crippen molar-refractivity contribution in [3.05, 3.63) is 24.3 Å². The molecule has 0 spiro atoms. The van der Waals surface area contributed by atoms with Crippen LogP contribution in [0.25, 0.3) is 0 Å². The van der Waals surface area contributed by atoms with Gasteiger partial charge in [0.2, 0.25) is 0 Å². The first-order chi connectivity index (χ1) is 8.92. The van der Waals surface area contributed by atoms with Crippen LogP contribution in [0.5, 0.6) is 11.5 Å². The van der Waals surface area contributed by atoms with Crippen LogP contribution >= 0.6 is 0 Å². The molecule has 0 saturated heterocycles. The summed E-state index contributed by atoms with van der Waals surface area (Å²) in [6, 6.07) is 7.08. The highest BCUT2D eigenvalue weighted by Gasteiger charge is 2.26. The fourth-order valence-electron chi connectivity index (χ4n) is 1.50. The zero-order valence-corrected chi connectivity index (χ0v) is 11.0. The van der Waals surface area contributed by atoms with E-state index in [4.69, 9.17) is 9.47 Å². The lowest BCUT2D eigenvalue weighted by Crippen LogP contribution is -2.35. The van der Waals surface area contributed by atoms with E-state index in [2.05, 4.69) is 5.32 Å². The minimum Gasteiger partial charge on any atom is -0.490 e. The monoisotopic (exact) mass is 277 g/mol. The van der Waals surface area contributed by atoms with E-state index in [0.29, 0.717) is 18.1 Å². The fraction of sp³-hybridized carbons (Fsp3) is 0.538. The second kappa shape index (κ2) is 7.23. The standard InChI is InChI=1S/C13H18F3NO2/c1-3-18-11-6-4-5-7-12(11)19-10(2)8-17-9-13(14,15)16/h4-7,10,17H,3,8-9H2,1-2H3. The summed E-state index contributed by atoms with van der Waals surface area (Å²) >= 11 is 0. The number of para-hydroxylation sites is 2. The van der Waals surface area contributed by atoms with Crippen molar-refractivity contribution in [3.8, 4) is 11.5 Å². The average Bonchev–Trinajstić information content (AvgIpc) is 2.30. The number of nitrogens with one attached hydrogen (secondary N) is 1. The normalized spacial score (nSPS) is 13.1. The maximum Gasteiger partial charge on any atom is 0.401 e. The van der Waals surface area contributed by atoms with Gasteiger partial charge in [0, 0.05) is 6.54 Å². The molecule has 0 aliphatic rings. The Balaban J connectivity index is 2.45. The molecule has 0 aliphatic heterocycles. The fourth-order valence-corrected chi connectivity index (χ4v) is 1.50. The highest BCUT2D eigenvalue weighted by atomic mass is 19.4. The Hall–Kier alpha value is -1.43. The van der Waals surface area contributed by atoms with E-state index in [0.717, 1.165) is 0 Å². The SMILES string of the molecule is CCOc1ccccc1OC(C)CNCC(F)(F)F. The summed E-state index contributed by atoms with van der Waals surface area (Å²) in [4.78, 5) is 0. The zero-order valence-electron chi connectivity index (χ0n) is 11.0. The maximum absolute atomic E-state index is 12.0. The van der Waals surface area contributed by atoms with Crippen molar-refractivity contribution in [3.63, 3.8) is 0 Å². The van der Waals surface area contributed by atoms with Gasteiger partial charge in [0.25, 0.3) is 0 Å². The molecule has 0 amide bonds. The van der Waals surface area contributed by atoms with Gasteiger partial charge in [-0.1, -0.05) is 12.1 Å². The van der Waals surface area contributed by atoms with Crippen molar-refractivity contribution >= 4 is 0 Å². The molecule has 3 nitrogen and oxygen atoms in total. The Labute approximate surface area is 110 Å². The molecular formula is C13H18F3NO2. The summed E-state index contributed by atoms with van der Waals surface area (Å²) in [5.41, 5.74) is 0. The summed E-state index contributed by atoms with van der Waals surface area (Å²) in [5, 5.41) is 2.31. The van der Waals surface area contributed by atoms with Crippen LogP contribution < -0.4 is 14.8 Å². The van der Waals surface area contributed by atoms with Crippen LogP contribution in [0.1, 0.15) is 13.8 Å². The number of alkyl halides is 3. The molecule has 1 atom stereocenters. The highest BCUT2D eigenvalue weighted by molar-refractivity contribution is 5.39. The Kier molecular flexibility index (Phi) is 5.95. The van der Waals surface area contributed by atoms with Gasteiger partial charge in [-0.15, -0.1) is 0 Å². The third-order valence-corrected chi connectivity index (χ3v) is 2.23. The molecule has 0 heterocycles. The molecule has 1 rings (SSSR count). The van der Waals surface area contributed by atoms with E-state index in [9.17, 15) is 13.2 Å². The highest BCUT2D eigenvalue weighted by Crippen LogP contribution is 2.27. The van der Waals surface area contributed by atoms with Crippen LogP contribution in [0.4, 0.5) is 13.2 Å². The number of halogens is 3. The summed E-state index contributed by atoms with van der Waals surface area (Å²) in [7, 11) is 0. The molecule has 0 aliphatic carbocycles. The van der Waals surface area contributed by atoms with Crippen molar-refractivity contribution in [2.24, 2.45) is 0 Å². The lowest BCUT2D eigenvalue weighted by Gasteiger charge is -2.18. The van der Waals surface area contributed by atoms with Gasteiger partial charge < -0.3 is 14.8 Å². The molecule has 1 aromatic carbocycles. The number of ether oxygens (including phenoxy) is 2. The third kappa shape index (κ3) is 6.33. The average molecular weight is 277 g/mol. The molecule has 1 N–H and O–H groups in total. The third-order valence-electron chi connectivity index (χ3n) is 2.23. The molecule has 0 radical (unpaired) electrons. The second-order valence-electron chi connectivity index (χ2n) is 4.05. The van der Waals surface area contributed by atoms with E-state index in [1.165, 1.54) is 0 Å². The molecule has 0 bridgehead atoms. The number of rotatable bonds is 7. The molecule has 1 aromatic rings. The Bertz CT molecular complexity index is 382. The van der Waals surface area contributed by atoms with Gasteiger partial charge >= 0.3 is 6.18 Å². The largest absolute Gasteiger partial charge is 0.490 e. The Morgan fingerprint density at radius 1 is 1.21 bits per heavy atom. The number of hydrogen-bond acceptors (Lipinski definition) is 3. The topological polar surface area (TPSA) is 30.5 Å². The van der Waals surface area contributed by atoms with Gasteiger partial charge in [-0.2, -0.15) is 13.2 Å². The lowest BCUT2D eigenvalue weighted by molar-refractivity contribution is -0.125. The number of benzene rings is 1. The first-order valence-corrected chi connectivity index (χ1v) is 6.08. The van der Waals surface area contributed by atoms with E-state index in [-0.39, 0.29) is 12.6 Å². The van der Waals surface area contributed by atoms with Crippen LogP contribution in [-0.4, -0.2) is 32.0 Å². The van der Waals surface area contributed by atoms with E-state index in [1.807, 2.05) is 13.0 Å². The predicted molar refractivity (Wildman–Crippen MR) is 66.6 cm³/mol. The molecule has 108 valence electrons. The van der Waals surface area contributed by atoms with Gasteiger partial charge in [-0.3, -0.25) is 0 Å². The van der Waals surface area contributed by atoms with Gasteiger partial charge in [-0.25, -0.2) is 0 Å². The zero-order chi connectivity index (χ0) is 14.3. The summed E-state index contributed by atoms with van der Waals surface area (Å²) < 4.78 is 46.9. The Morgan fingerprint density at radius 3 is 2.42 bits per heavy atom. The van der Waals surface area contributed by atoms with Gasteiger partial charge in [-0.05, 0) is 26.0 Å². The molecular weight excluding hydrogens is 259 g/mol. The summed E-state index contributed by atoms with van der Waals surface area (Å²) in [5.74, 6) is 1.12. The van der Waals surface area contributed by atoms with E-state index >= 15 is 0 Å². The summed E-state index contributed by atoms with van der Waals surface area (Å²) in [6.07, 6.45) is -4.59. The number of hydrogen-bond donors (Lipinski definition) is 1. The van der Waals surface area contributed by atoms with Crippen LogP contribution in [0.3, 0.4) is 0 Å². The maximum atomic E-state index is 12.0. The van der Waals surface area contributed by atoms with Crippen molar-refractivity contribution in [1.82, 2.24) is 5.32 Å². The Morgan fingerprint density at radius 2 is 1.84 bits per heavy atom. The first-order valence-electron chi connectivity index (χ1n) is 6.08. The summed E-state index contributed by atoms with van der Waals surface area (Å²) in [6.45, 7) is 3.14. The molecule has 19 heavy (non-hydrogen) atoms. The van der Waals surface area contributed by atoms with E-state index < -0.39 is 12.7 Å². The van der Waals surface area contributed by atoms with Crippen molar-refractivity contribution in [2.45, 2.75) is 26.1 Å². The first kappa shape index (κ1) is 15.6. The molecule has 0 saturated carbocycles. The van der Waals surface area contributed by atoms with Crippen LogP contribution in [0.15, 0.2) is 24.3 Å². The molecule has 0 aromatic heterocycles. The van der Waals surface area contributed by atoms with Crippen molar-refractivity contribution in [1.29, 1.82) is 0 Å². The minimum absolute atomic E-state index is 0.111. The molecule has 6 heteroatoms. The van der Waals surface area contributed by atoms with E-state index in [1.54, 1.807) is 25.1 Å². The lowest BCUT2D eigenvalue weighted by atomic mass is 10.3. The smallest absolute Gasteiger partial charge is 0.401 e. The second-order valence-corrected chi connectivity index (χ2v) is 4.05. The van der Waals surface area contributed by atoms with Gasteiger partial charge in [0.1, 0.15) is 6.10 Å².